The first kappa shape index (κ1) is 12.9. The normalized spacial score (nSPS) is 10.2. The Morgan fingerprint density at radius 3 is 2.79 bits per heavy atom. The van der Waals surface area contributed by atoms with Crippen LogP contribution in [0.15, 0.2) is 36.7 Å². The summed E-state index contributed by atoms with van der Waals surface area (Å²) in [4.78, 5) is 24.9. The van der Waals surface area contributed by atoms with Gasteiger partial charge in [0.1, 0.15) is 0 Å². The third kappa shape index (κ3) is 3.48. The summed E-state index contributed by atoms with van der Waals surface area (Å²) in [5.41, 5.74) is 0.971. The van der Waals surface area contributed by atoms with E-state index in [0.717, 1.165) is 12.1 Å². The number of pyridine rings is 1. The molecule has 0 aliphatic rings. The Bertz CT molecular complexity index is 560. The molecule has 0 aromatic carbocycles. The van der Waals surface area contributed by atoms with Gasteiger partial charge in [0, 0.05) is 38.1 Å². The first-order valence-electron chi connectivity index (χ1n) is 5.84. The number of anilines is 1. The molecule has 2 heterocycles. The average Bonchev–Trinajstić information content (AvgIpc) is 2.46. The number of carboxylic acid groups (broad SMARTS) is 1. The van der Waals surface area contributed by atoms with Gasteiger partial charge in [-0.1, -0.05) is 6.07 Å². The molecule has 0 spiro atoms. The summed E-state index contributed by atoms with van der Waals surface area (Å²) in [6, 6.07) is 7.12. The zero-order valence-electron chi connectivity index (χ0n) is 10.5. The number of aromatic nitrogens is 3. The van der Waals surface area contributed by atoms with Crippen molar-refractivity contribution in [1.82, 2.24) is 15.0 Å². The number of aromatic carboxylic acids is 1. The number of rotatable bonds is 5. The molecule has 1 N–H and O–H groups in total. The maximum atomic E-state index is 10.8. The SMILES string of the molecule is CN(CCc1ccccn1)c1nccc(C(=O)O)n1. The quantitative estimate of drug-likeness (QED) is 0.869. The van der Waals surface area contributed by atoms with Gasteiger partial charge in [0.15, 0.2) is 5.69 Å². The summed E-state index contributed by atoms with van der Waals surface area (Å²) >= 11 is 0. The summed E-state index contributed by atoms with van der Waals surface area (Å²) in [7, 11) is 1.82. The monoisotopic (exact) mass is 258 g/mol. The van der Waals surface area contributed by atoms with E-state index in [4.69, 9.17) is 5.11 Å². The van der Waals surface area contributed by atoms with Crippen LogP contribution < -0.4 is 4.90 Å². The minimum atomic E-state index is -1.05. The summed E-state index contributed by atoms with van der Waals surface area (Å²) in [6.07, 6.45) is 3.94. The topological polar surface area (TPSA) is 79.2 Å². The first-order valence-corrected chi connectivity index (χ1v) is 5.84. The molecule has 0 saturated carbocycles. The molecular weight excluding hydrogens is 244 g/mol. The van der Waals surface area contributed by atoms with Gasteiger partial charge in [0.05, 0.1) is 0 Å². The molecule has 0 aliphatic carbocycles. The first-order chi connectivity index (χ1) is 9.16. The largest absolute Gasteiger partial charge is 0.477 e. The molecule has 0 unspecified atom stereocenters. The molecule has 2 aromatic rings. The maximum absolute atomic E-state index is 10.8. The van der Waals surface area contributed by atoms with Crippen LogP contribution in [-0.4, -0.2) is 39.6 Å². The van der Waals surface area contributed by atoms with Gasteiger partial charge in [0.25, 0.3) is 0 Å². The lowest BCUT2D eigenvalue weighted by molar-refractivity contribution is 0.0690. The second-order valence-corrected chi connectivity index (χ2v) is 4.04. The van der Waals surface area contributed by atoms with Crippen LogP contribution in [-0.2, 0) is 6.42 Å². The third-order valence-corrected chi connectivity index (χ3v) is 2.63. The molecule has 0 saturated heterocycles. The number of likely N-dealkylation sites (N-methyl/N-ethyl adjacent to an activating group) is 1. The van der Waals surface area contributed by atoms with Crippen molar-refractivity contribution in [2.24, 2.45) is 0 Å². The third-order valence-electron chi connectivity index (χ3n) is 2.63. The van der Waals surface area contributed by atoms with Crippen LogP contribution in [0, 0.1) is 0 Å². The van der Waals surface area contributed by atoms with E-state index in [1.807, 2.05) is 25.2 Å². The number of hydrogen-bond donors (Lipinski definition) is 1. The predicted octanol–water partition coefficient (Wildman–Crippen LogP) is 1.25. The van der Waals surface area contributed by atoms with Crippen LogP contribution in [0.1, 0.15) is 16.2 Å². The second-order valence-electron chi connectivity index (χ2n) is 4.04. The van der Waals surface area contributed by atoms with Gasteiger partial charge < -0.3 is 10.0 Å². The fraction of sp³-hybridized carbons (Fsp3) is 0.231. The summed E-state index contributed by atoms with van der Waals surface area (Å²) in [6.45, 7) is 0.667. The molecule has 98 valence electrons. The van der Waals surface area contributed by atoms with Gasteiger partial charge >= 0.3 is 5.97 Å². The zero-order chi connectivity index (χ0) is 13.7. The Balaban J connectivity index is 2.02. The van der Waals surface area contributed by atoms with Crippen molar-refractivity contribution in [2.75, 3.05) is 18.5 Å². The van der Waals surface area contributed by atoms with Gasteiger partial charge in [-0.05, 0) is 18.2 Å². The summed E-state index contributed by atoms with van der Waals surface area (Å²) in [5.74, 6) is -0.655. The molecule has 2 rings (SSSR count). The zero-order valence-corrected chi connectivity index (χ0v) is 10.5. The summed E-state index contributed by atoms with van der Waals surface area (Å²) in [5, 5.41) is 8.88. The minimum absolute atomic E-state index is 0.00492. The van der Waals surface area contributed by atoms with E-state index in [2.05, 4.69) is 15.0 Å². The van der Waals surface area contributed by atoms with E-state index in [1.54, 1.807) is 11.1 Å². The van der Waals surface area contributed by atoms with E-state index in [9.17, 15) is 4.79 Å². The fourth-order valence-corrected chi connectivity index (χ4v) is 1.58. The van der Waals surface area contributed by atoms with E-state index in [0.29, 0.717) is 12.5 Å². The van der Waals surface area contributed by atoms with Gasteiger partial charge in [-0.3, -0.25) is 4.98 Å². The van der Waals surface area contributed by atoms with Gasteiger partial charge in [-0.15, -0.1) is 0 Å². The second kappa shape index (κ2) is 5.90. The minimum Gasteiger partial charge on any atom is -0.477 e. The molecule has 19 heavy (non-hydrogen) atoms. The molecule has 0 bridgehead atoms. The predicted molar refractivity (Wildman–Crippen MR) is 70.2 cm³/mol. The Kier molecular flexibility index (Phi) is 4.02. The average molecular weight is 258 g/mol. The van der Waals surface area contributed by atoms with Crippen molar-refractivity contribution >= 4 is 11.9 Å². The lowest BCUT2D eigenvalue weighted by Gasteiger charge is -2.16. The molecule has 0 atom stereocenters. The number of carboxylic acids is 1. The van der Waals surface area contributed by atoms with Gasteiger partial charge in [-0.2, -0.15) is 0 Å². The van der Waals surface area contributed by atoms with E-state index in [-0.39, 0.29) is 5.69 Å². The molecule has 0 aliphatic heterocycles. The number of carbonyl (C=O) groups is 1. The lowest BCUT2D eigenvalue weighted by atomic mass is 10.2. The van der Waals surface area contributed by atoms with Crippen LogP contribution in [0.4, 0.5) is 5.95 Å². The Labute approximate surface area is 110 Å². The van der Waals surface area contributed by atoms with Crippen molar-refractivity contribution in [2.45, 2.75) is 6.42 Å². The van der Waals surface area contributed by atoms with Crippen molar-refractivity contribution in [3.63, 3.8) is 0 Å². The molecular formula is C13H14N4O2. The van der Waals surface area contributed by atoms with Crippen LogP contribution in [0.5, 0.6) is 0 Å². The van der Waals surface area contributed by atoms with Crippen LogP contribution >= 0.6 is 0 Å². The number of hydrogen-bond acceptors (Lipinski definition) is 5. The Morgan fingerprint density at radius 2 is 2.11 bits per heavy atom. The van der Waals surface area contributed by atoms with Crippen molar-refractivity contribution in [1.29, 1.82) is 0 Å². The highest BCUT2D eigenvalue weighted by atomic mass is 16.4. The van der Waals surface area contributed by atoms with E-state index < -0.39 is 5.97 Å². The molecule has 0 fully saturated rings. The smallest absolute Gasteiger partial charge is 0.354 e. The van der Waals surface area contributed by atoms with Crippen LogP contribution in [0.25, 0.3) is 0 Å². The molecule has 0 amide bonds. The fourth-order valence-electron chi connectivity index (χ4n) is 1.58. The standard InChI is InChI=1S/C13H14N4O2/c1-17(9-6-10-4-2-3-7-14-10)13-15-8-5-11(16-13)12(18)19/h2-5,7-8H,6,9H2,1H3,(H,18,19). The van der Waals surface area contributed by atoms with E-state index in [1.165, 1.54) is 12.3 Å². The summed E-state index contributed by atoms with van der Waals surface area (Å²) < 4.78 is 0. The maximum Gasteiger partial charge on any atom is 0.354 e. The van der Waals surface area contributed by atoms with Crippen molar-refractivity contribution < 1.29 is 9.90 Å². The molecule has 6 nitrogen and oxygen atoms in total. The molecule has 2 aromatic heterocycles. The molecule has 6 heteroatoms. The highest BCUT2D eigenvalue weighted by molar-refractivity contribution is 5.85. The van der Waals surface area contributed by atoms with Gasteiger partial charge in [-0.25, -0.2) is 14.8 Å². The highest BCUT2D eigenvalue weighted by Crippen LogP contribution is 2.06. The van der Waals surface area contributed by atoms with Crippen LogP contribution in [0.2, 0.25) is 0 Å². The number of nitrogens with zero attached hydrogens (tertiary/aromatic N) is 4. The lowest BCUT2D eigenvalue weighted by Crippen LogP contribution is -2.23. The van der Waals surface area contributed by atoms with Crippen molar-refractivity contribution in [3.05, 3.63) is 48.0 Å². The van der Waals surface area contributed by atoms with E-state index >= 15 is 0 Å². The van der Waals surface area contributed by atoms with Gasteiger partial charge in [0.2, 0.25) is 5.95 Å². The highest BCUT2D eigenvalue weighted by Gasteiger charge is 2.09. The van der Waals surface area contributed by atoms with Crippen molar-refractivity contribution in [3.8, 4) is 0 Å². The van der Waals surface area contributed by atoms with Crippen LogP contribution in [0.3, 0.4) is 0 Å². The molecule has 0 radical (unpaired) electrons. The Morgan fingerprint density at radius 1 is 1.26 bits per heavy atom. The Hall–Kier alpha value is -2.50.